The Morgan fingerprint density at radius 1 is 1.11 bits per heavy atom. The van der Waals surface area contributed by atoms with E-state index in [0.29, 0.717) is 11.3 Å². The summed E-state index contributed by atoms with van der Waals surface area (Å²) in [5, 5.41) is 9.26. The molecule has 3 heteroatoms. The minimum atomic E-state index is 0.605. The predicted molar refractivity (Wildman–Crippen MR) is 74.1 cm³/mol. The van der Waals surface area contributed by atoms with E-state index >= 15 is 0 Å². The van der Waals surface area contributed by atoms with E-state index in [2.05, 4.69) is 13.0 Å². The maximum absolute atomic E-state index is 9.26. The van der Waals surface area contributed by atoms with E-state index in [1.165, 1.54) is 0 Å². The fourth-order valence-corrected chi connectivity index (χ4v) is 2.37. The van der Waals surface area contributed by atoms with Crippen molar-refractivity contribution in [2.75, 3.05) is 5.75 Å². The average molecular weight is 255 g/mol. The van der Waals surface area contributed by atoms with Gasteiger partial charge in [-0.1, -0.05) is 31.2 Å². The van der Waals surface area contributed by atoms with Crippen LogP contribution in [0.5, 0.6) is 11.5 Å². The molecule has 0 saturated carbocycles. The van der Waals surface area contributed by atoms with Gasteiger partial charge in [-0.05, 0) is 30.0 Å². The highest BCUT2D eigenvalue weighted by atomic mass is 32.2. The quantitative estimate of drug-likeness (QED) is 0.756. The summed E-state index contributed by atoms with van der Waals surface area (Å²) < 4.78 is 5.75. The summed E-state index contributed by atoms with van der Waals surface area (Å²) in [5.41, 5.74) is 0.605. The number of nitriles is 1. The van der Waals surface area contributed by atoms with Crippen LogP contribution in [0.25, 0.3) is 0 Å². The first-order valence-electron chi connectivity index (χ1n) is 5.74. The van der Waals surface area contributed by atoms with Crippen molar-refractivity contribution >= 4 is 11.8 Å². The van der Waals surface area contributed by atoms with E-state index in [1.54, 1.807) is 11.8 Å². The predicted octanol–water partition coefficient (Wildman–Crippen LogP) is 4.46. The molecule has 0 aromatic heterocycles. The molecule has 0 aliphatic rings. The summed E-state index contributed by atoms with van der Waals surface area (Å²) >= 11 is 1.65. The molecule has 0 atom stereocenters. The monoisotopic (exact) mass is 255 g/mol. The number of hydrogen-bond donors (Lipinski definition) is 0. The third-order valence-electron chi connectivity index (χ3n) is 2.37. The van der Waals surface area contributed by atoms with Gasteiger partial charge < -0.3 is 4.74 Å². The lowest BCUT2D eigenvalue weighted by atomic mass is 10.2. The van der Waals surface area contributed by atoms with Crippen molar-refractivity contribution in [2.24, 2.45) is 0 Å². The van der Waals surface area contributed by atoms with Gasteiger partial charge in [-0.25, -0.2) is 0 Å². The zero-order chi connectivity index (χ0) is 12.8. The van der Waals surface area contributed by atoms with E-state index in [1.807, 2.05) is 48.5 Å². The number of nitrogens with zero attached hydrogens (tertiary/aromatic N) is 1. The van der Waals surface area contributed by atoms with Gasteiger partial charge in [0.25, 0.3) is 0 Å². The van der Waals surface area contributed by atoms with Crippen molar-refractivity contribution < 1.29 is 4.74 Å². The van der Waals surface area contributed by atoms with Crippen molar-refractivity contribution in [3.05, 3.63) is 54.1 Å². The van der Waals surface area contributed by atoms with Crippen molar-refractivity contribution in [3.8, 4) is 17.6 Å². The van der Waals surface area contributed by atoms with Gasteiger partial charge in [-0.3, -0.25) is 0 Å². The van der Waals surface area contributed by atoms with E-state index in [4.69, 9.17) is 4.74 Å². The molecule has 0 aliphatic carbocycles. The van der Waals surface area contributed by atoms with Crippen molar-refractivity contribution in [2.45, 2.75) is 11.8 Å². The molecular weight excluding hydrogens is 242 g/mol. The number of rotatable bonds is 4. The molecule has 0 spiro atoms. The molecule has 0 radical (unpaired) electrons. The number of thioether (sulfide) groups is 1. The lowest BCUT2D eigenvalue weighted by molar-refractivity contribution is 0.479. The minimum Gasteiger partial charge on any atom is -0.456 e. The summed E-state index contributed by atoms with van der Waals surface area (Å²) in [4.78, 5) is 0.966. The summed E-state index contributed by atoms with van der Waals surface area (Å²) in [6.45, 7) is 2.07. The number of ether oxygens (including phenoxy) is 1. The minimum absolute atomic E-state index is 0.605. The molecule has 0 unspecified atom stereocenters. The standard InChI is InChI=1S/C15H13NOS/c1-2-18-15-10-6-9-14(13(15)11-16)17-12-7-4-3-5-8-12/h3-10H,2H2,1H3. The van der Waals surface area contributed by atoms with E-state index in [9.17, 15) is 5.26 Å². The fourth-order valence-electron chi connectivity index (χ4n) is 1.60. The smallest absolute Gasteiger partial charge is 0.146 e. The maximum Gasteiger partial charge on any atom is 0.146 e. The first-order chi connectivity index (χ1) is 8.85. The highest BCUT2D eigenvalue weighted by Gasteiger charge is 2.09. The van der Waals surface area contributed by atoms with E-state index in [0.717, 1.165) is 16.4 Å². The fraction of sp³-hybridized carbons (Fsp3) is 0.133. The molecule has 2 aromatic rings. The Bertz CT molecular complexity index is 560. The average Bonchev–Trinajstić information content (AvgIpc) is 2.41. The zero-order valence-corrected chi connectivity index (χ0v) is 10.9. The Hall–Kier alpha value is -1.92. The number of para-hydroxylation sites is 1. The molecule has 0 amide bonds. The van der Waals surface area contributed by atoms with Crippen LogP contribution in [0.15, 0.2) is 53.4 Å². The second-order valence-electron chi connectivity index (χ2n) is 3.59. The van der Waals surface area contributed by atoms with Gasteiger partial charge in [0.1, 0.15) is 23.1 Å². The first-order valence-corrected chi connectivity index (χ1v) is 6.72. The number of benzene rings is 2. The Morgan fingerprint density at radius 2 is 1.89 bits per heavy atom. The molecule has 0 heterocycles. The summed E-state index contributed by atoms with van der Waals surface area (Å²) in [5.74, 6) is 2.29. The van der Waals surface area contributed by atoms with Crippen molar-refractivity contribution in [1.82, 2.24) is 0 Å². The molecule has 2 aromatic carbocycles. The molecule has 18 heavy (non-hydrogen) atoms. The van der Waals surface area contributed by atoms with Gasteiger partial charge >= 0.3 is 0 Å². The highest BCUT2D eigenvalue weighted by molar-refractivity contribution is 7.99. The molecule has 0 N–H and O–H groups in total. The van der Waals surface area contributed by atoms with Crippen LogP contribution >= 0.6 is 11.8 Å². The third-order valence-corrected chi connectivity index (χ3v) is 3.31. The molecule has 2 rings (SSSR count). The van der Waals surface area contributed by atoms with Crippen LogP contribution < -0.4 is 4.74 Å². The Morgan fingerprint density at radius 3 is 2.56 bits per heavy atom. The topological polar surface area (TPSA) is 33.0 Å². The van der Waals surface area contributed by atoms with E-state index < -0.39 is 0 Å². The SMILES string of the molecule is CCSc1cccc(Oc2ccccc2)c1C#N. The van der Waals surface area contributed by atoms with Crippen LogP contribution in [0.2, 0.25) is 0 Å². The molecule has 90 valence electrons. The Kier molecular flexibility index (Phi) is 4.27. The van der Waals surface area contributed by atoms with Gasteiger partial charge in [0, 0.05) is 4.90 Å². The summed E-state index contributed by atoms with van der Waals surface area (Å²) in [6.07, 6.45) is 0. The van der Waals surface area contributed by atoms with Crippen molar-refractivity contribution in [1.29, 1.82) is 5.26 Å². The molecule has 0 bridgehead atoms. The maximum atomic E-state index is 9.26. The first kappa shape index (κ1) is 12.5. The van der Waals surface area contributed by atoms with Gasteiger partial charge in [-0.2, -0.15) is 5.26 Å². The van der Waals surface area contributed by atoms with E-state index in [-0.39, 0.29) is 0 Å². The lowest BCUT2D eigenvalue weighted by Gasteiger charge is -2.09. The van der Waals surface area contributed by atoms with Crippen molar-refractivity contribution in [3.63, 3.8) is 0 Å². The molecule has 0 aliphatic heterocycles. The largest absolute Gasteiger partial charge is 0.456 e. The zero-order valence-electron chi connectivity index (χ0n) is 10.1. The van der Waals surface area contributed by atoms with Crippen LogP contribution in [0.4, 0.5) is 0 Å². The van der Waals surface area contributed by atoms with Gasteiger partial charge in [0.15, 0.2) is 0 Å². The van der Waals surface area contributed by atoms with Crippen LogP contribution in [0.1, 0.15) is 12.5 Å². The molecular formula is C15H13NOS. The van der Waals surface area contributed by atoms with Crippen LogP contribution in [-0.4, -0.2) is 5.75 Å². The summed E-state index contributed by atoms with van der Waals surface area (Å²) in [7, 11) is 0. The van der Waals surface area contributed by atoms with Gasteiger partial charge in [0.05, 0.1) is 0 Å². The summed E-state index contributed by atoms with van der Waals surface area (Å²) in [6, 6.07) is 17.4. The van der Waals surface area contributed by atoms with Crippen LogP contribution in [0.3, 0.4) is 0 Å². The second kappa shape index (κ2) is 6.13. The molecule has 0 fully saturated rings. The van der Waals surface area contributed by atoms with Gasteiger partial charge in [0.2, 0.25) is 0 Å². The Balaban J connectivity index is 2.34. The molecule has 0 saturated heterocycles. The normalized spacial score (nSPS) is 9.78. The van der Waals surface area contributed by atoms with Crippen LogP contribution in [0, 0.1) is 11.3 Å². The second-order valence-corrected chi connectivity index (χ2v) is 4.90. The highest BCUT2D eigenvalue weighted by Crippen LogP contribution is 2.32. The third kappa shape index (κ3) is 2.85. The lowest BCUT2D eigenvalue weighted by Crippen LogP contribution is -1.90. The Labute approximate surface area is 111 Å². The van der Waals surface area contributed by atoms with Crippen LogP contribution in [-0.2, 0) is 0 Å². The van der Waals surface area contributed by atoms with Gasteiger partial charge in [-0.15, -0.1) is 11.8 Å². The number of hydrogen-bond acceptors (Lipinski definition) is 3. The molecule has 2 nitrogen and oxygen atoms in total.